The van der Waals surface area contributed by atoms with Gasteiger partial charge in [0.05, 0.1) is 6.61 Å². The molecule has 1 saturated heterocycles. The first-order chi connectivity index (χ1) is 11.6. The first-order valence-electron chi connectivity index (χ1n) is 8.69. The Morgan fingerprint density at radius 3 is 2.42 bits per heavy atom. The molecule has 24 heavy (non-hydrogen) atoms. The monoisotopic (exact) mass is 334 g/mol. The van der Waals surface area contributed by atoms with Crippen LogP contribution in [0.15, 0.2) is 24.3 Å². The SMILES string of the molecule is COCCN1CCN(c2ccc(NC(=O)NCC(C)C)cc2)CC1. The molecule has 6 heteroatoms. The Balaban J connectivity index is 1.79. The van der Waals surface area contributed by atoms with Crippen molar-refractivity contribution in [1.82, 2.24) is 10.2 Å². The lowest BCUT2D eigenvalue weighted by Gasteiger charge is -2.36. The largest absolute Gasteiger partial charge is 0.383 e. The van der Waals surface area contributed by atoms with Crippen molar-refractivity contribution in [3.05, 3.63) is 24.3 Å². The summed E-state index contributed by atoms with van der Waals surface area (Å²) in [5.41, 5.74) is 2.02. The van der Waals surface area contributed by atoms with Crippen LogP contribution in [0.3, 0.4) is 0 Å². The maximum atomic E-state index is 11.8. The smallest absolute Gasteiger partial charge is 0.319 e. The molecule has 0 aliphatic carbocycles. The van der Waals surface area contributed by atoms with Crippen LogP contribution in [-0.4, -0.2) is 63.9 Å². The van der Waals surface area contributed by atoms with Crippen molar-refractivity contribution < 1.29 is 9.53 Å². The fourth-order valence-corrected chi connectivity index (χ4v) is 2.68. The number of rotatable bonds is 7. The van der Waals surface area contributed by atoms with Gasteiger partial charge in [-0.3, -0.25) is 4.90 Å². The fraction of sp³-hybridized carbons (Fsp3) is 0.611. The van der Waals surface area contributed by atoms with Gasteiger partial charge in [-0.15, -0.1) is 0 Å². The molecule has 2 rings (SSSR count). The number of nitrogens with one attached hydrogen (secondary N) is 2. The summed E-state index contributed by atoms with van der Waals surface area (Å²) in [6.45, 7) is 10.8. The van der Waals surface area contributed by atoms with Crippen LogP contribution in [0.4, 0.5) is 16.2 Å². The molecule has 0 spiro atoms. The standard InChI is InChI=1S/C18H30N4O2/c1-15(2)14-19-18(23)20-16-4-6-17(7-5-16)22-10-8-21(9-11-22)12-13-24-3/h4-7,15H,8-14H2,1-3H3,(H2,19,20,23). The number of piperazine rings is 1. The van der Waals surface area contributed by atoms with Gasteiger partial charge in [-0.25, -0.2) is 4.79 Å². The highest BCUT2D eigenvalue weighted by molar-refractivity contribution is 5.89. The molecule has 1 heterocycles. The van der Waals surface area contributed by atoms with Crippen LogP contribution in [-0.2, 0) is 4.74 Å². The molecule has 1 aliphatic heterocycles. The van der Waals surface area contributed by atoms with E-state index >= 15 is 0 Å². The average Bonchev–Trinajstić information content (AvgIpc) is 2.59. The van der Waals surface area contributed by atoms with Gasteiger partial charge in [0.25, 0.3) is 0 Å². The third-order valence-electron chi connectivity index (χ3n) is 4.15. The summed E-state index contributed by atoms with van der Waals surface area (Å²) in [5.74, 6) is 0.445. The van der Waals surface area contributed by atoms with Gasteiger partial charge < -0.3 is 20.3 Å². The maximum Gasteiger partial charge on any atom is 0.319 e. The molecule has 0 aromatic heterocycles. The molecule has 0 atom stereocenters. The number of anilines is 2. The lowest BCUT2D eigenvalue weighted by molar-refractivity contribution is 0.144. The fourth-order valence-electron chi connectivity index (χ4n) is 2.68. The minimum absolute atomic E-state index is 0.150. The van der Waals surface area contributed by atoms with E-state index in [1.54, 1.807) is 7.11 Å². The third-order valence-corrected chi connectivity index (χ3v) is 4.15. The van der Waals surface area contributed by atoms with Crippen molar-refractivity contribution in [2.75, 3.05) is 63.2 Å². The van der Waals surface area contributed by atoms with Crippen LogP contribution in [0.2, 0.25) is 0 Å². The normalized spacial score (nSPS) is 15.6. The maximum absolute atomic E-state index is 11.8. The molecule has 0 saturated carbocycles. The molecule has 2 N–H and O–H groups in total. The number of carbonyl (C=O) groups excluding carboxylic acids is 1. The molecule has 134 valence electrons. The predicted octanol–water partition coefficient (Wildman–Crippen LogP) is 2.23. The van der Waals surface area contributed by atoms with Gasteiger partial charge in [-0.1, -0.05) is 13.8 Å². The number of amides is 2. The predicted molar refractivity (Wildman–Crippen MR) is 98.8 cm³/mol. The van der Waals surface area contributed by atoms with Crippen LogP contribution in [0.25, 0.3) is 0 Å². The first-order valence-corrected chi connectivity index (χ1v) is 8.69. The zero-order chi connectivity index (χ0) is 17.4. The summed E-state index contributed by atoms with van der Waals surface area (Å²) in [6.07, 6.45) is 0. The van der Waals surface area contributed by atoms with Crippen molar-refractivity contribution in [3.8, 4) is 0 Å². The van der Waals surface area contributed by atoms with E-state index in [-0.39, 0.29) is 6.03 Å². The highest BCUT2D eigenvalue weighted by Gasteiger charge is 2.16. The number of hydrogen-bond donors (Lipinski definition) is 2. The van der Waals surface area contributed by atoms with Crippen LogP contribution >= 0.6 is 0 Å². The Kier molecular flexibility index (Phi) is 7.34. The lowest BCUT2D eigenvalue weighted by atomic mass is 10.2. The van der Waals surface area contributed by atoms with E-state index < -0.39 is 0 Å². The number of carbonyl (C=O) groups is 1. The Morgan fingerprint density at radius 2 is 1.83 bits per heavy atom. The Labute approximate surface area is 145 Å². The molecule has 1 aromatic carbocycles. The van der Waals surface area contributed by atoms with Gasteiger partial charge in [0.15, 0.2) is 0 Å². The quantitative estimate of drug-likeness (QED) is 0.803. The van der Waals surface area contributed by atoms with Crippen molar-refractivity contribution in [2.45, 2.75) is 13.8 Å². The Morgan fingerprint density at radius 1 is 1.17 bits per heavy atom. The minimum Gasteiger partial charge on any atom is -0.383 e. The second-order valence-electron chi connectivity index (χ2n) is 6.60. The van der Waals surface area contributed by atoms with Crippen LogP contribution in [0.5, 0.6) is 0 Å². The second-order valence-corrected chi connectivity index (χ2v) is 6.60. The number of benzene rings is 1. The van der Waals surface area contributed by atoms with Crippen molar-refractivity contribution >= 4 is 17.4 Å². The van der Waals surface area contributed by atoms with Gasteiger partial charge in [0, 0.05) is 57.8 Å². The molecule has 1 aliphatic rings. The number of methoxy groups -OCH3 is 1. The number of urea groups is 1. The Bertz CT molecular complexity index is 496. The summed E-state index contributed by atoms with van der Waals surface area (Å²) in [7, 11) is 1.74. The molecular weight excluding hydrogens is 304 g/mol. The van der Waals surface area contributed by atoms with Crippen molar-refractivity contribution in [3.63, 3.8) is 0 Å². The van der Waals surface area contributed by atoms with Crippen LogP contribution in [0.1, 0.15) is 13.8 Å². The van der Waals surface area contributed by atoms with Gasteiger partial charge in [0.2, 0.25) is 0 Å². The first kappa shape index (κ1) is 18.5. The van der Waals surface area contributed by atoms with Crippen molar-refractivity contribution in [2.24, 2.45) is 5.92 Å². The van der Waals surface area contributed by atoms with E-state index in [1.165, 1.54) is 5.69 Å². The van der Waals surface area contributed by atoms with Crippen LogP contribution in [0, 0.1) is 5.92 Å². The zero-order valence-electron chi connectivity index (χ0n) is 15.0. The molecule has 0 bridgehead atoms. The van der Waals surface area contributed by atoms with Gasteiger partial charge in [-0.2, -0.15) is 0 Å². The van der Waals surface area contributed by atoms with Crippen LogP contribution < -0.4 is 15.5 Å². The lowest BCUT2D eigenvalue weighted by Crippen LogP contribution is -2.47. The molecule has 6 nitrogen and oxygen atoms in total. The van der Waals surface area contributed by atoms with E-state index in [2.05, 4.69) is 46.4 Å². The molecule has 1 aromatic rings. The summed E-state index contributed by atoms with van der Waals surface area (Å²) in [6, 6.07) is 7.91. The van der Waals surface area contributed by atoms with E-state index in [4.69, 9.17) is 4.74 Å². The highest BCUT2D eigenvalue weighted by Crippen LogP contribution is 2.19. The summed E-state index contributed by atoms with van der Waals surface area (Å²) < 4.78 is 5.14. The van der Waals surface area contributed by atoms with E-state index in [0.717, 1.165) is 45.0 Å². The van der Waals surface area contributed by atoms with Gasteiger partial charge in [-0.05, 0) is 30.2 Å². The van der Waals surface area contributed by atoms with E-state index in [1.807, 2.05) is 12.1 Å². The number of hydrogen-bond acceptors (Lipinski definition) is 4. The van der Waals surface area contributed by atoms with Gasteiger partial charge in [0.1, 0.15) is 0 Å². The van der Waals surface area contributed by atoms with E-state index in [9.17, 15) is 4.79 Å². The minimum atomic E-state index is -0.150. The zero-order valence-corrected chi connectivity index (χ0v) is 15.0. The molecule has 1 fully saturated rings. The van der Waals surface area contributed by atoms with Gasteiger partial charge >= 0.3 is 6.03 Å². The molecule has 0 radical (unpaired) electrons. The summed E-state index contributed by atoms with van der Waals surface area (Å²) >= 11 is 0. The second kappa shape index (κ2) is 9.49. The molecule has 0 unspecified atom stereocenters. The average molecular weight is 334 g/mol. The topological polar surface area (TPSA) is 56.8 Å². The molecular formula is C18H30N4O2. The third kappa shape index (κ3) is 6.02. The molecule has 2 amide bonds. The number of ether oxygens (including phenoxy) is 1. The van der Waals surface area contributed by atoms with E-state index in [0.29, 0.717) is 12.5 Å². The Hall–Kier alpha value is -1.79. The summed E-state index contributed by atoms with van der Waals surface area (Å²) in [5, 5.41) is 5.72. The summed E-state index contributed by atoms with van der Waals surface area (Å²) in [4.78, 5) is 16.6. The highest BCUT2D eigenvalue weighted by atomic mass is 16.5. The number of nitrogens with zero attached hydrogens (tertiary/aromatic N) is 2. The van der Waals surface area contributed by atoms with Crippen molar-refractivity contribution in [1.29, 1.82) is 0 Å².